The second-order valence-corrected chi connectivity index (χ2v) is 6.98. The van der Waals surface area contributed by atoms with Gasteiger partial charge in [-0.25, -0.2) is 4.79 Å². The number of aromatic nitrogens is 1. The fraction of sp³-hybridized carbons (Fsp3) is 0.667. The molecule has 0 radical (unpaired) electrons. The monoisotopic (exact) mass is 332 g/mol. The molecular formula is C18H28N4O2. The molecule has 0 saturated carbocycles. The number of hydrogen-bond acceptors (Lipinski definition) is 4. The SMILES string of the molecule is C[C@@H]1CN(C[C@@H]2CCCN2C(=O)NCc2ccncc2)C[C@H](C)O1. The Hall–Kier alpha value is -1.66. The summed E-state index contributed by atoms with van der Waals surface area (Å²) in [5, 5.41) is 3.04. The Kier molecular flexibility index (Phi) is 5.68. The van der Waals surface area contributed by atoms with Gasteiger partial charge in [0.15, 0.2) is 0 Å². The molecule has 3 heterocycles. The summed E-state index contributed by atoms with van der Waals surface area (Å²) >= 11 is 0. The summed E-state index contributed by atoms with van der Waals surface area (Å²) in [4.78, 5) is 21.0. The van der Waals surface area contributed by atoms with Gasteiger partial charge in [0, 0.05) is 51.2 Å². The number of urea groups is 1. The summed E-state index contributed by atoms with van der Waals surface area (Å²) in [6.45, 7) is 8.49. The van der Waals surface area contributed by atoms with Crippen LogP contribution in [0.3, 0.4) is 0 Å². The topological polar surface area (TPSA) is 57.7 Å². The summed E-state index contributed by atoms with van der Waals surface area (Å²) in [5.41, 5.74) is 1.07. The number of morpholine rings is 1. The number of nitrogens with zero attached hydrogens (tertiary/aromatic N) is 3. The molecule has 0 aromatic carbocycles. The van der Waals surface area contributed by atoms with Crippen LogP contribution in [0.1, 0.15) is 32.3 Å². The van der Waals surface area contributed by atoms with Gasteiger partial charge < -0.3 is 15.0 Å². The standard InChI is InChI=1S/C18H28N4O2/c1-14-11-21(12-15(2)24-14)13-17-4-3-9-22(17)18(23)20-10-16-5-7-19-8-6-16/h5-8,14-15,17H,3-4,9-13H2,1-2H3,(H,20,23)/t14-,15+,17-/m0/s1. The van der Waals surface area contributed by atoms with Gasteiger partial charge in [-0.1, -0.05) is 0 Å². The first-order valence-electron chi connectivity index (χ1n) is 8.93. The van der Waals surface area contributed by atoms with Gasteiger partial charge in [-0.3, -0.25) is 9.88 Å². The zero-order valence-corrected chi connectivity index (χ0v) is 14.6. The highest BCUT2D eigenvalue weighted by molar-refractivity contribution is 5.74. The van der Waals surface area contributed by atoms with Crippen molar-refractivity contribution in [1.82, 2.24) is 20.1 Å². The van der Waals surface area contributed by atoms with Gasteiger partial charge in [-0.15, -0.1) is 0 Å². The third-order valence-corrected chi connectivity index (χ3v) is 4.80. The Balaban J connectivity index is 1.52. The molecule has 3 atom stereocenters. The lowest BCUT2D eigenvalue weighted by Gasteiger charge is -2.38. The van der Waals surface area contributed by atoms with Crippen molar-refractivity contribution in [2.45, 2.75) is 51.5 Å². The highest BCUT2D eigenvalue weighted by atomic mass is 16.5. The molecule has 0 aliphatic carbocycles. The summed E-state index contributed by atoms with van der Waals surface area (Å²) in [6.07, 6.45) is 6.21. The molecule has 1 aromatic heterocycles. The molecule has 3 rings (SSSR count). The van der Waals surface area contributed by atoms with Gasteiger partial charge in [-0.2, -0.15) is 0 Å². The molecule has 6 nitrogen and oxygen atoms in total. The van der Waals surface area contributed by atoms with E-state index in [1.165, 1.54) is 0 Å². The van der Waals surface area contributed by atoms with E-state index in [0.717, 1.165) is 44.6 Å². The smallest absolute Gasteiger partial charge is 0.317 e. The number of carbonyl (C=O) groups excluding carboxylic acids is 1. The molecule has 0 spiro atoms. The lowest BCUT2D eigenvalue weighted by atomic mass is 10.1. The average Bonchev–Trinajstić information content (AvgIpc) is 3.01. The summed E-state index contributed by atoms with van der Waals surface area (Å²) < 4.78 is 5.80. The number of pyridine rings is 1. The van der Waals surface area contributed by atoms with Gasteiger partial charge in [0.05, 0.1) is 12.2 Å². The lowest BCUT2D eigenvalue weighted by Crippen LogP contribution is -2.52. The Morgan fingerprint density at radius 2 is 2.00 bits per heavy atom. The third kappa shape index (κ3) is 4.45. The van der Waals surface area contributed by atoms with E-state index in [0.29, 0.717) is 12.6 Å². The lowest BCUT2D eigenvalue weighted by molar-refractivity contribution is -0.0713. The van der Waals surface area contributed by atoms with Gasteiger partial charge in [0.25, 0.3) is 0 Å². The molecule has 24 heavy (non-hydrogen) atoms. The van der Waals surface area contributed by atoms with Crippen LogP contribution < -0.4 is 5.32 Å². The van der Waals surface area contributed by atoms with Crippen molar-refractivity contribution in [2.75, 3.05) is 26.2 Å². The number of nitrogens with one attached hydrogen (secondary N) is 1. The van der Waals surface area contributed by atoms with Gasteiger partial charge >= 0.3 is 6.03 Å². The molecule has 2 fully saturated rings. The number of likely N-dealkylation sites (tertiary alicyclic amines) is 1. The first-order valence-corrected chi connectivity index (χ1v) is 8.93. The van der Waals surface area contributed by atoms with E-state index in [4.69, 9.17) is 4.74 Å². The van der Waals surface area contributed by atoms with Gasteiger partial charge in [-0.05, 0) is 44.4 Å². The Morgan fingerprint density at radius 1 is 1.29 bits per heavy atom. The fourth-order valence-electron chi connectivity index (χ4n) is 3.80. The van der Waals surface area contributed by atoms with Crippen LogP contribution in [0.5, 0.6) is 0 Å². The number of hydrogen-bond donors (Lipinski definition) is 1. The second kappa shape index (κ2) is 7.94. The summed E-state index contributed by atoms with van der Waals surface area (Å²) in [5.74, 6) is 0. The molecule has 0 unspecified atom stereocenters. The Labute approximate surface area is 144 Å². The van der Waals surface area contributed by atoms with E-state index in [2.05, 4.69) is 29.0 Å². The highest BCUT2D eigenvalue weighted by Gasteiger charge is 2.32. The molecule has 2 saturated heterocycles. The van der Waals surface area contributed by atoms with E-state index in [9.17, 15) is 4.79 Å². The van der Waals surface area contributed by atoms with Crippen molar-refractivity contribution in [3.05, 3.63) is 30.1 Å². The minimum absolute atomic E-state index is 0.0451. The number of rotatable bonds is 4. The first-order chi connectivity index (χ1) is 11.6. The van der Waals surface area contributed by atoms with Crippen LogP contribution >= 0.6 is 0 Å². The molecule has 2 amide bonds. The number of ether oxygens (including phenoxy) is 1. The summed E-state index contributed by atoms with van der Waals surface area (Å²) in [7, 11) is 0. The molecule has 1 aromatic rings. The second-order valence-electron chi connectivity index (χ2n) is 6.98. The third-order valence-electron chi connectivity index (χ3n) is 4.80. The number of amides is 2. The zero-order chi connectivity index (χ0) is 16.9. The molecular weight excluding hydrogens is 304 g/mol. The molecule has 132 valence electrons. The fourth-order valence-corrected chi connectivity index (χ4v) is 3.80. The van der Waals surface area contributed by atoms with Gasteiger partial charge in [0.1, 0.15) is 0 Å². The van der Waals surface area contributed by atoms with Crippen molar-refractivity contribution >= 4 is 6.03 Å². The van der Waals surface area contributed by atoms with Crippen molar-refractivity contribution in [3.8, 4) is 0 Å². The zero-order valence-electron chi connectivity index (χ0n) is 14.6. The maximum Gasteiger partial charge on any atom is 0.317 e. The minimum atomic E-state index is 0.0451. The van der Waals surface area contributed by atoms with Crippen molar-refractivity contribution in [3.63, 3.8) is 0 Å². The summed E-state index contributed by atoms with van der Waals surface area (Å²) in [6, 6.07) is 4.21. The minimum Gasteiger partial charge on any atom is -0.373 e. The van der Waals surface area contributed by atoms with Crippen LogP contribution in [0.2, 0.25) is 0 Å². The Morgan fingerprint density at radius 3 is 2.71 bits per heavy atom. The largest absolute Gasteiger partial charge is 0.373 e. The van der Waals surface area contributed by atoms with Crippen LogP contribution in [0.15, 0.2) is 24.5 Å². The van der Waals surface area contributed by atoms with E-state index >= 15 is 0 Å². The normalized spacial score (nSPS) is 28.1. The van der Waals surface area contributed by atoms with Crippen LogP contribution in [-0.4, -0.2) is 65.2 Å². The molecule has 0 bridgehead atoms. The van der Waals surface area contributed by atoms with Crippen LogP contribution in [0, 0.1) is 0 Å². The van der Waals surface area contributed by atoms with E-state index in [1.807, 2.05) is 17.0 Å². The van der Waals surface area contributed by atoms with Gasteiger partial charge in [0.2, 0.25) is 0 Å². The van der Waals surface area contributed by atoms with Crippen molar-refractivity contribution in [1.29, 1.82) is 0 Å². The predicted molar refractivity (Wildman–Crippen MR) is 92.6 cm³/mol. The van der Waals surface area contributed by atoms with Crippen LogP contribution in [0.25, 0.3) is 0 Å². The predicted octanol–water partition coefficient (Wildman–Crippen LogP) is 1.86. The maximum atomic E-state index is 12.6. The first kappa shape index (κ1) is 17.2. The van der Waals surface area contributed by atoms with Crippen molar-refractivity contribution in [2.24, 2.45) is 0 Å². The molecule has 2 aliphatic heterocycles. The van der Waals surface area contributed by atoms with E-state index in [-0.39, 0.29) is 18.2 Å². The molecule has 1 N–H and O–H groups in total. The molecule has 2 aliphatic rings. The average molecular weight is 332 g/mol. The Bertz CT molecular complexity index is 529. The van der Waals surface area contributed by atoms with Crippen LogP contribution in [0.4, 0.5) is 4.79 Å². The van der Waals surface area contributed by atoms with E-state index in [1.54, 1.807) is 12.4 Å². The molecule has 6 heteroatoms. The maximum absolute atomic E-state index is 12.6. The number of carbonyl (C=O) groups is 1. The van der Waals surface area contributed by atoms with E-state index < -0.39 is 0 Å². The van der Waals surface area contributed by atoms with Crippen LogP contribution in [-0.2, 0) is 11.3 Å². The van der Waals surface area contributed by atoms with Crippen molar-refractivity contribution < 1.29 is 9.53 Å². The quantitative estimate of drug-likeness (QED) is 0.914. The highest BCUT2D eigenvalue weighted by Crippen LogP contribution is 2.20.